The van der Waals surface area contributed by atoms with Gasteiger partial charge in [0.1, 0.15) is 11.5 Å². The average molecular weight is 931 g/mol. The van der Waals surface area contributed by atoms with E-state index in [0.29, 0.717) is 5.56 Å². The first kappa shape index (κ1) is 39.8. The van der Waals surface area contributed by atoms with Crippen molar-refractivity contribution in [3.05, 3.63) is 259 Å². The van der Waals surface area contributed by atoms with Crippen molar-refractivity contribution in [2.24, 2.45) is 0 Å². The fourth-order valence-corrected chi connectivity index (χ4v) is 12.6. The number of rotatable bonds is 4. The van der Waals surface area contributed by atoms with Crippen LogP contribution >= 0.6 is 0 Å². The van der Waals surface area contributed by atoms with Crippen LogP contribution in [0.25, 0.3) is 105 Å². The molecule has 0 fully saturated rings. The monoisotopic (exact) mass is 930 g/mol. The standard InChI is InChI=1S/C66H38N6O/c67-38-40-23-30-60-50(34-40)51-35-41(24-31-61(51)71(60)44-27-25-43(26-28-44)70-56-18-6-1-12-46(56)47-13-2-7-19-57(47)70)42-36-55-65(69-39-42)64-53(17-11-33-68-64)66(55)52-16-5-10-22-62(52)73-63-32-29-45(37-54(63)66)72-58-20-8-3-14-48(58)49-15-4-9-21-59(49)72/h1-37,39H. The number of fused-ring (bicyclic) bond motifs is 18. The van der Waals surface area contributed by atoms with Crippen LogP contribution in [-0.2, 0) is 5.41 Å². The van der Waals surface area contributed by atoms with Gasteiger partial charge in [0.05, 0.1) is 61.5 Å². The Labute approximate surface area is 418 Å². The van der Waals surface area contributed by atoms with E-state index in [2.05, 4.69) is 214 Å². The number of aromatic nitrogens is 5. The largest absolute Gasteiger partial charge is 0.457 e. The fourth-order valence-electron chi connectivity index (χ4n) is 12.6. The summed E-state index contributed by atoms with van der Waals surface area (Å²) >= 11 is 0. The number of nitrogens with zero attached hydrogens (tertiary/aromatic N) is 6. The van der Waals surface area contributed by atoms with Crippen molar-refractivity contribution in [2.45, 2.75) is 5.41 Å². The highest BCUT2D eigenvalue weighted by Crippen LogP contribution is 2.62. The lowest BCUT2D eigenvalue weighted by Gasteiger charge is -2.39. The molecule has 338 valence electrons. The molecule has 73 heavy (non-hydrogen) atoms. The molecule has 2 aliphatic rings. The van der Waals surface area contributed by atoms with Crippen LogP contribution in [0.3, 0.4) is 0 Å². The molecule has 0 bridgehead atoms. The molecule has 7 nitrogen and oxygen atoms in total. The van der Waals surface area contributed by atoms with Gasteiger partial charge in [-0.25, -0.2) is 0 Å². The summed E-state index contributed by atoms with van der Waals surface area (Å²) in [6, 6.07) is 80.1. The van der Waals surface area contributed by atoms with Gasteiger partial charge in [0, 0.05) is 84.0 Å². The van der Waals surface area contributed by atoms with Crippen molar-refractivity contribution in [2.75, 3.05) is 0 Å². The number of ether oxygens (including phenoxy) is 1. The van der Waals surface area contributed by atoms with E-state index in [1.165, 1.54) is 32.6 Å². The van der Waals surface area contributed by atoms with Crippen molar-refractivity contribution >= 4 is 65.4 Å². The van der Waals surface area contributed by atoms with E-state index in [0.717, 1.165) is 106 Å². The predicted octanol–water partition coefficient (Wildman–Crippen LogP) is 15.8. The van der Waals surface area contributed by atoms with Crippen molar-refractivity contribution in [1.82, 2.24) is 23.7 Å². The van der Waals surface area contributed by atoms with Crippen LogP contribution in [0.1, 0.15) is 27.8 Å². The smallest absolute Gasteiger partial charge is 0.132 e. The molecule has 0 N–H and O–H groups in total. The summed E-state index contributed by atoms with van der Waals surface area (Å²) in [6.07, 6.45) is 3.86. The van der Waals surface area contributed by atoms with Crippen LogP contribution in [0.5, 0.6) is 11.5 Å². The highest BCUT2D eigenvalue weighted by Gasteiger charge is 2.52. The summed E-state index contributed by atoms with van der Waals surface area (Å²) in [4.78, 5) is 10.4. The van der Waals surface area contributed by atoms with Gasteiger partial charge in [0.25, 0.3) is 0 Å². The van der Waals surface area contributed by atoms with E-state index >= 15 is 0 Å². The van der Waals surface area contributed by atoms with Crippen molar-refractivity contribution in [3.63, 3.8) is 0 Å². The van der Waals surface area contributed by atoms with E-state index in [1.807, 2.05) is 36.7 Å². The lowest BCUT2D eigenvalue weighted by Crippen LogP contribution is -2.32. The van der Waals surface area contributed by atoms with Crippen LogP contribution in [0.15, 0.2) is 231 Å². The quantitative estimate of drug-likeness (QED) is 0.176. The average Bonchev–Trinajstić information content (AvgIpc) is 4.22. The molecule has 1 aliphatic carbocycles. The molecule has 1 aliphatic heterocycles. The zero-order chi connectivity index (χ0) is 47.9. The molecule has 14 aromatic rings. The van der Waals surface area contributed by atoms with Gasteiger partial charge in [0.15, 0.2) is 0 Å². The number of nitriles is 1. The highest BCUT2D eigenvalue weighted by atomic mass is 16.5. The summed E-state index contributed by atoms with van der Waals surface area (Å²) < 4.78 is 13.9. The number of hydrogen-bond acceptors (Lipinski definition) is 4. The third-order valence-corrected chi connectivity index (χ3v) is 15.6. The van der Waals surface area contributed by atoms with Gasteiger partial charge in [0.2, 0.25) is 0 Å². The Balaban J connectivity index is 0.885. The second kappa shape index (κ2) is 14.8. The van der Waals surface area contributed by atoms with Gasteiger partial charge in [-0.05, 0) is 126 Å². The lowest BCUT2D eigenvalue weighted by atomic mass is 9.66. The second-order valence-electron chi connectivity index (χ2n) is 19.2. The van der Waals surface area contributed by atoms with E-state index in [1.54, 1.807) is 0 Å². The highest BCUT2D eigenvalue weighted by molar-refractivity contribution is 6.12. The van der Waals surface area contributed by atoms with Crippen molar-refractivity contribution in [1.29, 1.82) is 5.26 Å². The van der Waals surface area contributed by atoms with Crippen LogP contribution in [-0.4, -0.2) is 23.7 Å². The first-order valence-corrected chi connectivity index (χ1v) is 24.6. The molecule has 0 amide bonds. The number of para-hydroxylation sites is 5. The van der Waals surface area contributed by atoms with Crippen LogP contribution in [0.2, 0.25) is 0 Å². The molecule has 1 atom stereocenters. The zero-order valence-corrected chi connectivity index (χ0v) is 39.0. The minimum Gasteiger partial charge on any atom is -0.457 e. The van der Waals surface area contributed by atoms with Crippen LogP contribution < -0.4 is 4.74 Å². The molecule has 7 heteroatoms. The van der Waals surface area contributed by atoms with Gasteiger partial charge in [-0.3, -0.25) is 9.97 Å². The molecular formula is C66H38N6O. The first-order chi connectivity index (χ1) is 36.2. The van der Waals surface area contributed by atoms with Crippen LogP contribution in [0, 0.1) is 11.3 Å². The fraction of sp³-hybridized carbons (Fsp3) is 0.0152. The molecular weight excluding hydrogens is 893 g/mol. The van der Waals surface area contributed by atoms with Gasteiger partial charge in [-0.2, -0.15) is 5.26 Å². The second-order valence-corrected chi connectivity index (χ2v) is 19.2. The van der Waals surface area contributed by atoms with Crippen molar-refractivity contribution in [3.8, 4) is 57.1 Å². The SMILES string of the molecule is N#Cc1ccc2c(c1)c1cc(-c3cnc4c(c3)C3(c5ccccc5Oc5ccc(-n6c7ccccc7c7ccccc76)cc53)c3cccnc3-4)ccc1n2-c1ccc(-n2c3ccccc3c3ccccc32)cc1. The molecule has 9 aromatic carbocycles. The van der Waals surface area contributed by atoms with Gasteiger partial charge < -0.3 is 18.4 Å². The number of benzene rings is 9. The van der Waals surface area contributed by atoms with E-state index in [4.69, 9.17) is 14.7 Å². The molecule has 6 heterocycles. The summed E-state index contributed by atoms with van der Waals surface area (Å²) in [6.45, 7) is 0. The molecule has 0 saturated carbocycles. The van der Waals surface area contributed by atoms with Gasteiger partial charge in [-0.1, -0.05) is 103 Å². The third-order valence-electron chi connectivity index (χ3n) is 15.6. The lowest BCUT2D eigenvalue weighted by molar-refractivity contribution is 0.436. The topological polar surface area (TPSA) is 73.6 Å². The van der Waals surface area contributed by atoms with Gasteiger partial charge >= 0.3 is 0 Å². The molecule has 0 saturated heterocycles. The Morgan fingerprint density at radius 3 is 1.52 bits per heavy atom. The summed E-state index contributed by atoms with van der Waals surface area (Å²) in [5.41, 5.74) is 17.6. The Kier molecular flexibility index (Phi) is 8.04. The normalized spacial score (nSPS) is 14.5. The zero-order valence-electron chi connectivity index (χ0n) is 39.0. The van der Waals surface area contributed by atoms with E-state index < -0.39 is 5.41 Å². The maximum atomic E-state index is 10.2. The minimum atomic E-state index is -0.811. The molecule has 0 radical (unpaired) electrons. The van der Waals surface area contributed by atoms with Crippen molar-refractivity contribution < 1.29 is 4.74 Å². The molecule has 5 aromatic heterocycles. The Morgan fingerprint density at radius 1 is 0.370 bits per heavy atom. The Bertz CT molecular complexity index is 4630. The third kappa shape index (κ3) is 5.36. The summed E-state index contributed by atoms with van der Waals surface area (Å²) in [7, 11) is 0. The first-order valence-electron chi connectivity index (χ1n) is 24.6. The van der Waals surface area contributed by atoms with Crippen LogP contribution in [0.4, 0.5) is 0 Å². The van der Waals surface area contributed by atoms with Gasteiger partial charge in [-0.15, -0.1) is 0 Å². The molecule has 1 unspecified atom stereocenters. The predicted molar refractivity (Wildman–Crippen MR) is 293 cm³/mol. The molecule has 1 spiro atoms. The maximum Gasteiger partial charge on any atom is 0.132 e. The Hall–Kier alpha value is -10.0. The minimum absolute atomic E-state index is 0.613. The number of hydrogen-bond donors (Lipinski definition) is 0. The number of pyridine rings is 2. The molecule has 16 rings (SSSR count). The Morgan fingerprint density at radius 2 is 0.877 bits per heavy atom. The maximum absolute atomic E-state index is 10.2. The van der Waals surface area contributed by atoms with E-state index in [-0.39, 0.29) is 0 Å². The summed E-state index contributed by atoms with van der Waals surface area (Å²) in [5, 5.41) is 17.1. The van der Waals surface area contributed by atoms with E-state index in [9.17, 15) is 5.26 Å². The summed E-state index contributed by atoms with van der Waals surface area (Å²) in [5.74, 6) is 1.60.